The third-order valence-corrected chi connectivity index (χ3v) is 3.72. The number of hydrogen-bond donors (Lipinski definition) is 4. The fourth-order valence-corrected chi connectivity index (χ4v) is 2.06. The fourth-order valence-electron chi connectivity index (χ4n) is 0.988. The molecular formula is C6H12N2O6S2. The van der Waals surface area contributed by atoms with E-state index in [0.29, 0.717) is 0 Å². The highest BCUT2D eigenvalue weighted by Crippen LogP contribution is 2.10. The van der Waals surface area contributed by atoms with Crippen LogP contribution >= 0.6 is 0 Å². The lowest BCUT2D eigenvalue weighted by atomic mass is 10.1. The molecule has 0 aromatic rings. The van der Waals surface area contributed by atoms with Gasteiger partial charge in [-0.3, -0.25) is 9.59 Å². The monoisotopic (exact) mass is 272 g/mol. The van der Waals surface area contributed by atoms with Crippen LogP contribution in [0.2, 0.25) is 0 Å². The second-order valence-electron chi connectivity index (χ2n) is 2.91. The van der Waals surface area contributed by atoms with E-state index in [1.165, 1.54) is 0 Å². The highest BCUT2D eigenvalue weighted by atomic mass is 32.2. The van der Waals surface area contributed by atoms with Crippen LogP contribution in [0.4, 0.5) is 0 Å². The molecule has 0 aliphatic heterocycles. The molecule has 4 unspecified atom stereocenters. The minimum Gasteiger partial charge on any atom is -0.369 e. The Bertz CT molecular complexity index is 273. The predicted octanol–water partition coefficient (Wildman–Crippen LogP) is -2.08. The maximum absolute atomic E-state index is 10.7. The largest absolute Gasteiger partial charge is 0.369 e. The van der Waals surface area contributed by atoms with Crippen molar-refractivity contribution in [3.63, 3.8) is 0 Å². The molecule has 0 aliphatic carbocycles. The molecule has 0 aliphatic rings. The number of carbonyl (C=O) groups excluding carboxylic acids is 2. The van der Waals surface area contributed by atoms with Crippen LogP contribution in [0.5, 0.6) is 0 Å². The third-order valence-electron chi connectivity index (χ3n) is 1.81. The van der Waals surface area contributed by atoms with Gasteiger partial charge in [-0.05, 0) is 12.8 Å². The van der Waals surface area contributed by atoms with Crippen molar-refractivity contribution in [2.75, 3.05) is 0 Å². The molecule has 94 valence electrons. The van der Waals surface area contributed by atoms with Crippen LogP contribution in [-0.4, -0.2) is 39.8 Å². The van der Waals surface area contributed by atoms with E-state index in [0.717, 1.165) is 0 Å². The Morgan fingerprint density at radius 1 is 0.938 bits per heavy atom. The van der Waals surface area contributed by atoms with Crippen molar-refractivity contribution in [3.8, 4) is 0 Å². The standard InChI is InChI=1S/C6H12N2O6S2/c7-5(9)3(15(11)12)1-2-4(6(8)10)16(13)14/h3-4H,1-2H2,(H2,7,9)(H2,8,10)(H,11,12)(H,13,14). The smallest absolute Gasteiger partial charge is 0.235 e. The van der Waals surface area contributed by atoms with Crippen molar-refractivity contribution in [1.82, 2.24) is 0 Å². The molecule has 0 spiro atoms. The van der Waals surface area contributed by atoms with Gasteiger partial charge in [-0.2, -0.15) is 0 Å². The molecule has 16 heavy (non-hydrogen) atoms. The first-order valence-corrected chi connectivity index (χ1v) is 6.39. The first kappa shape index (κ1) is 15.2. The molecule has 4 atom stereocenters. The van der Waals surface area contributed by atoms with Crippen LogP contribution in [0.25, 0.3) is 0 Å². The Balaban J connectivity index is 4.50. The Hall–Kier alpha value is -0.840. The summed E-state index contributed by atoms with van der Waals surface area (Å²) >= 11 is -4.97. The molecule has 6 N–H and O–H groups in total. The molecule has 0 rings (SSSR count). The quantitative estimate of drug-likeness (QED) is 0.389. The zero-order chi connectivity index (χ0) is 12.9. The summed E-state index contributed by atoms with van der Waals surface area (Å²) < 4.78 is 38.7. The van der Waals surface area contributed by atoms with Crippen LogP contribution < -0.4 is 11.5 Å². The predicted molar refractivity (Wildman–Crippen MR) is 56.7 cm³/mol. The Morgan fingerprint density at radius 3 is 1.31 bits per heavy atom. The number of rotatable bonds is 7. The Labute approximate surface area is 96.3 Å². The Morgan fingerprint density at radius 2 is 1.19 bits per heavy atom. The van der Waals surface area contributed by atoms with Gasteiger partial charge in [-0.15, -0.1) is 0 Å². The van der Waals surface area contributed by atoms with Crippen molar-refractivity contribution in [2.24, 2.45) is 11.5 Å². The topological polar surface area (TPSA) is 161 Å². The minimum absolute atomic E-state index is 0.266. The van der Waals surface area contributed by atoms with Crippen LogP contribution in [0.15, 0.2) is 0 Å². The van der Waals surface area contributed by atoms with Crippen LogP contribution in [0.1, 0.15) is 12.8 Å². The van der Waals surface area contributed by atoms with E-state index < -0.39 is 44.5 Å². The van der Waals surface area contributed by atoms with Gasteiger partial charge in [0.05, 0.1) is 0 Å². The summed E-state index contributed by atoms with van der Waals surface area (Å²) in [6, 6.07) is 0. The van der Waals surface area contributed by atoms with Crippen LogP contribution in [0.3, 0.4) is 0 Å². The van der Waals surface area contributed by atoms with Gasteiger partial charge in [0.1, 0.15) is 10.5 Å². The van der Waals surface area contributed by atoms with E-state index in [-0.39, 0.29) is 12.8 Å². The summed E-state index contributed by atoms with van der Waals surface area (Å²) in [7, 11) is 0. The first-order valence-electron chi connectivity index (χ1n) is 4.05. The lowest BCUT2D eigenvalue weighted by molar-refractivity contribution is -0.119. The summed E-state index contributed by atoms with van der Waals surface area (Å²) in [5.74, 6) is -2.04. The van der Waals surface area contributed by atoms with Gasteiger partial charge in [0, 0.05) is 0 Å². The van der Waals surface area contributed by atoms with Crippen LogP contribution in [0, 0.1) is 0 Å². The van der Waals surface area contributed by atoms with Crippen molar-refractivity contribution < 1.29 is 27.1 Å². The maximum atomic E-state index is 10.7. The molecule has 0 aromatic carbocycles. The van der Waals surface area contributed by atoms with Crippen molar-refractivity contribution in [2.45, 2.75) is 23.3 Å². The first-order chi connectivity index (χ1) is 7.27. The number of nitrogens with two attached hydrogens (primary N) is 2. The molecule has 0 aromatic heterocycles. The number of primary amides is 2. The second kappa shape index (κ2) is 6.68. The maximum Gasteiger partial charge on any atom is 0.235 e. The lowest BCUT2D eigenvalue weighted by Crippen LogP contribution is -2.37. The molecule has 0 radical (unpaired) electrons. The molecule has 0 saturated heterocycles. The summed E-state index contributed by atoms with van der Waals surface area (Å²) in [6.07, 6.45) is -0.531. The fraction of sp³-hybridized carbons (Fsp3) is 0.667. The summed E-state index contributed by atoms with van der Waals surface area (Å²) in [5.41, 5.74) is 9.66. The van der Waals surface area contributed by atoms with Gasteiger partial charge in [0.2, 0.25) is 11.8 Å². The van der Waals surface area contributed by atoms with Crippen molar-refractivity contribution in [3.05, 3.63) is 0 Å². The zero-order valence-corrected chi connectivity index (χ0v) is 9.70. The van der Waals surface area contributed by atoms with Crippen molar-refractivity contribution >= 4 is 34.0 Å². The van der Waals surface area contributed by atoms with Gasteiger partial charge in [0.25, 0.3) is 0 Å². The zero-order valence-electron chi connectivity index (χ0n) is 8.07. The average molecular weight is 272 g/mol. The molecule has 0 bridgehead atoms. The molecule has 0 saturated carbocycles. The lowest BCUT2D eigenvalue weighted by Gasteiger charge is -2.12. The number of amides is 2. The molecular weight excluding hydrogens is 260 g/mol. The minimum atomic E-state index is -2.48. The normalized spacial score (nSPS) is 18.4. The van der Waals surface area contributed by atoms with E-state index >= 15 is 0 Å². The molecule has 2 amide bonds. The molecule has 0 fully saturated rings. The van der Waals surface area contributed by atoms with E-state index in [1.807, 2.05) is 0 Å². The SMILES string of the molecule is NC(=O)C(CCC(C(N)=O)S(=O)O)S(=O)O. The second-order valence-corrected chi connectivity index (χ2v) is 5.15. The van der Waals surface area contributed by atoms with Gasteiger partial charge < -0.3 is 20.6 Å². The van der Waals surface area contributed by atoms with E-state index in [4.69, 9.17) is 20.6 Å². The molecule has 10 heteroatoms. The molecule has 0 heterocycles. The van der Waals surface area contributed by atoms with E-state index in [2.05, 4.69) is 0 Å². The summed E-state index contributed by atoms with van der Waals surface area (Å²) in [5, 5.41) is -2.77. The summed E-state index contributed by atoms with van der Waals surface area (Å²) in [4.78, 5) is 21.4. The highest BCUT2D eigenvalue weighted by Gasteiger charge is 2.27. The van der Waals surface area contributed by atoms with Crippen molar-refractivity contribution in [1.29, 1.82) is 0 Å². The third kappa shape index (κ3) is 4.79. The van der Waals surface area contributed by atoms with Gasteiger partial charge in [-0.1, -0.05) is 0 Å². The summed E-state index contributed by atoms with van der Waals surface area (Å²) in [6.45, 7) is 0. The van der Waals surface area contributed by atoms with Gasteiger partial charge in [-0.25, -0.2) is 8.42 Å². The average Bonchev–Trinajstić information content (AvgIpc) is 2.09. The van der Waals surface area contributed by atoms with E-state index in [9.17, 15) is 18.0 Å². The number of hydrogen-bond acceptors (Lipinski definition) is 4. The highest BCUT2D eigenvalue weighted by molar-refractivity contribution is 7.81. The van der Waals surface area contributed by atoms with E-state index in [1.54, 1.807) is 0 Å². The molecule has 8 nitrogen and oxygen atoms in total. The van der Waals surface area contributed by atoms with Gasteiger partial charge >= 0.3 is 0 Å². The van der Waals surface area contributed by atoms with Crippen LogP contribution in [-0.2, 0) is 31.7 Å². The van der Waals surface area contributed by atoms with Gasteiger partial charge in [0.15, 0.2) is 22.2 Å². The number of carbonyl (C=O) groups is 2. The Kier molecular flexibility index (Phi) is 6.33.